The van der Waals surface area contributed by atoms with Crippen LogP contribution in [0.4, 0.5) is 35.5 Å². The average molecular weight is 772 g/mol. The molecule has 1 saturated heterocycles. The smallest absolute Gasteiger partial charge is 0.416 e. The van der Waals surface area contributed by atoms with Gasteiger partial charge in [0.15, 0.2) is 5.54 Å². The van der Waals surface area contributed by atoms with Crippen molar-refractivity contribution < 1.29 is 59.3 Å². The number of halogens is 7. The number of Topliss-reactive ketones (excluding diaryl/α,β-unsaturated/α-hetero) is 1. The third-order valence-electron chi connectivity index (χ3n) is 10.2. The SMILES string of the molecule is C[C@@H](O[C@H]1CC[C@@H](C(=O)C[C@@]2(C)C(=O)O[C@@H](c3ccccc3)N2C(=O)OCc2ccccc2)[C@@H]1c1ccc(F)cc1)c1cc(C(F)(F)F)cc(C(F)(F)F)c1. The van der Waals surface area contributed by atoms with E-state index in [4.69, 9.17) is 14.2 Å². The lowest BCUT2D eigenvalue weighted by Crippen LogP contribution is -2.51. The molecule has 0 spiro atoms. The topological polar surface area (TPSA) is 82.1 Å². The van der Waals surface area contributed by atoms with Crippen molar-refractivity contribution in [1.29, 1.82) is 0 Å². The third-order valence-corrected chi connectivity index (χ3v) is 10.2. The maximum absolute atomic E-state index is 14.4. The number of carbonyl (C=O) groups is 3. The van der Waals surface area contributed by atoms with E-state index in [-0.39, 0.29) is 31.1 Å². The fourth-order valence-corrected chi connectivity index (χ4v) is 7.35. The third kappa shape index (κ3) is 8.54. The van der Waals surface area contributed by atoms with E-state index in [0.29, 0.717) is 28.8 Å². The van der Waals surface area contributed by atoms with Gasteiger partial charge < -0.3 is 14.2 Å². The van der Waals surface area contributed by atoms with Crippen molar-refractivity contribution in [1.82, 2.24) is 4.90 Å². The minimum absolute atomic E-state index is 0.0273. The molecule has 6 atom stereocenters. The molecule has 2 fully saturated rings. The van der Waals surface area contributed by atoms with Gasteiger partial charge in [-0.25, -0.2) is 14.0 Å². The normalized spacial score (nSPS) is 23.4. The van der Waals surface area contributed by atoms with Crippen LogP contribution in [0, 0.1) is 11.7 Å². The monoisotopic (exact) mass is 771 g/mol. The van der Waals surface area contributed by atoms with Gasteiger partial charge in [-0.15, -0.1) is 0 Å². The summed E-state index contributed by atoms with van der Waals surface area (Å²) in [5.41, 5.74) is -3.71. The first-order valence-corrected chi connectivity index (χ1v) is 17.4. The van der Waals surface area contributed by atoms with Gasteiger partial charge >= 0.3 is 24.4 Å². The molecule has 0 bridgehead atoms. The molecule has 1 saturated carbocycles. The Hall–Kier alpha value is -5.24. The quantitative estimate of drug-likeness (QED) is 0.118. The zero-order valence-electron chi connectivity index (χ0n) is 29.6. The van der Waals surface area contributed by atoms with Gasteiger partial charge in [0.2, 0.25) is 6.23 Å². The summed E-state index contributed by atoms with van der Waals surface area (Å²) in [6.45, 7) is 2.56. The van der Waals surface area contributed by atoms with Crippen LogP contribution in [0.25, 0.3) is 0 Å². The predicted octanol–water partition coefficient (Wildman–Crippen LogP) is 10.1. The van der Waals surface area contributed by atoms with E-state index in [2.05, 4.69) is 0 Å². The summed E-state index contributed by atoms with van der Waals surface area (Å²) in [4.78, 5) is 43.1. The molecule has 4 aromatic carbocycles. The summed E-state index contributed by atoms with van der Waals surface area (Å²) in [7, 11) is 0. The van der Waals surface area contributed by atoms with Crippen LogP contribution >= 0.6 is 0 Å². The zero-order chi connectivity index (χ0) is 39.7. The highest BCUT2D eigenvalue weighted by Gasteiger charge is 2.58. The Kier molecular flexibility index (Phi) is 11.1. The van der Waals surface area contributed by atoms with Crippen LogP contribution in [0.2, 0.25) is 0 Å². The Bertz CT molecular complexity index is 1970. The predicted molar refractivity (Wildman–Crippen MR) is 183 cm³/mol. The molecule has 2 aliphatic rings. The van der Waals surface area contributed by atoms with Crippen LogP contribution < -0.4 is 0 Å². The van der Waals surface area contributed by atoms with E-state index < -0.39 is 89.4 Å². The number of cyclic esters (lactones) is 1. The molecule has 55 heavy (non-hydrogen) atoms. The lowest BCUT2D eigenvalue weighted by atomic mass is 9.80. The van der Waals surface area contributed by atoms with Crippen molar-refractivity contribution in [3.8, 4) is 0 Å². The minimum Gasteiger partial charge on any atom is -0.444 e. The Morgan fingerprint density at radius 1 is 0.836 bits per heavy atom. The fourth-order valence-electron chi connectivity index (χ4n) is 7.35. The number of benzene rings is 4. The van der Waals surface area contributed by atoms with E-state index in [1.54, 1.807) is 60.7 Å². The minimum atomic E-state index is -5.07. The van der Waals surface area contributed by atoms with Crippen molar-refractivity contribution in [2.24, 2.45) is 5.92 Å². The van der Waals surface area contributed by atoms with Crippen LogP contribution in [-0.2, 0) is 42.8 Å². The number of rotatable bonds is 10. The Labute approximate surface area is 312 Å². The van der Waals surface area contributed by atoms with E-state index >= 15 is 0 Å². The number of esters is 1. The molecule has 6 rings (SSSR count). The van der Waals surface area contributed by atoms with Gasteiger partial charge in [0.05, 0.1) is 23.3 Å². The maximum atomic E-state index is 14.4. The number of hydrogen-bond donors (Lipinski definition) is 0. The molecule has 1 aliphatic heterocycles. The van der Waals surface area contributed by atoms with E-state index in [0.717, 1.165) is 17.0 Å². The van der Waals surface area contributed by atoms with Crippen LogP contribution in [0.3, 0.4) is 0 Å². The molecule has 1 heterocycles. The van der Waals surface area contributed by atoms with Gasteiger partial charge in [-0.05, 0) is 73.7 Å². The summed E-state index contributed by atoms with van der Waals surface area (Å²) in [5.74, 6) is -3.73. The molecule has 0 N–H and O–H groups in total. The van der Waals surface area contributed by atoms with Crippen molar-refractivity contribution in [3.05, 3.63) is 142 Å². The number of carbonyl (C=O) groups excluding carboxylic acids is 3. The van der Waals surface area contributed by atoms with Crippen molar-refractivity contribution in [2.75, 3.05) is 0 Å². The Morgan fingerprint density at radius 3 is 2.00 bits per heavy atom. The highest BCUT2D eigenvalue weighted by atomic mass is 19.4. The molecule has 1 amide bonds. The van der Waals surface area contributed by atoms with Crippen LogP contribution in [0.5, 0.6) is 0 Å². The average Bonchev–Trinajstić information content (AvgIpc) is 3.68. The number of hydrogen-bond acceptors (Lipinski definition) is 6. The maximum Gasteiger partial charge on any atom is 0.416 e. The highest BCUT2D eigenvalue weighted by Crippen LogP contribution is 2.48. The van der Waals surface area contributed by atoms with Gasteiger partial charge in [0, 0.05) is 23.8 Å². The fraction of sp³-hybridized carbons (Fsp3) is 0.341. The molecule has 4 aromatic rings. The summed E-state index contributed by atoms with van der Waals surface area (Å²) < 4.78 is 114. The van der Waals surface area contributed by atoms with E-state index in [1.165, 1.54) is 26.0 Å². The molecule has 0 radical (unpaired) electrons. The van der Waals surface area contributed by atoms with Gasteiger partial charge in [0.1, 0.15) is 18.2 Å². The molecule has 14 heteroatoms. The van der Waals surface area contributed by atoms with E-state index in [9.17, 15) is 45.1 Å². The van der Waals surface area contributed by atoms with Crippen LogP contribution in [0.1, 0.15) is 84.7 Å². The molecule has 1 aliphatic carbocycles. The van der Waals surface area contributed by atoms with Gasteiger partial charge in [-0.2, -0.15) is 26.3 Å². The first kappa shape index (κ1) is 39.5. The summed E-state index contributed by atoms with van der Waals surface area (Å²) in [5, 5.41) is 0. The standard InChI is InChI=1S/C41H36F7NO6/c1-24(28-19-29(40(43,44)45)21-30(20-28)41(46,47)48)54-34-18-17-32(35(34)26-13-15-31(42)16-14-26)33(50)22-39(2)37(51)55-36(27-11-7-4-8-12-27)49(39)38(52)53-23-25-9-5-3-6-10-25/h3-16,19-21,24,32,34-36H,17-18,22-23H2,1-2H3/t24-,32+,34+,35+,36+,39+/m1/s1. The first-order valence-electron chi connectivity index (χ1n) is 17.4. The second kappa shape index (κ2) is 15.5. The molecular formula is C41H36F7NO6. The summed E-state index contributed by atoms with van der Waals surface area (Å²) in [6.07, 6.45) is -14.8. The number of ketones is 1. The number of nitrogens with zero attached hydrogens (tertiary/aromatic N) is 1. The second-order valence-corrected chi connectivity index (χ2v) is 13.9. The lowest BCUT2D eigenvalue weighted by Gasteiger charge is -2.34. The Balaban J connectivity index is 1.30. The second-order valence-electron chi connectivity index (χ2n) is 13.9. The highest BCUT2D eigenvalue weighted by molar-refractivity contribution is 5.95. The van der Waals surface area contributed by atoms with Gasteiger partial charge in [0.25, 0.3) is 0 Å². The Morgan fingerprint density at radius 2 is 1.42 bits per heavy atom. The van der Waals surface area contributed by atoms with Crippen LogP contribution in [-0.4, -0.2) is 34.4 Å². The van der Waals surface area contributed by atoms with E-state index in [1.807, 2.05) is 0 Å². The zero-order valence-corrected chi connectivity index (χ0v) is 29.6. The molecule has 0 aromatic heterocycles. The van der Waals surface area contributed by atoms with Gasteiger partial charge in [-0.3, -0.25) is 9.69 Å². The van der Waals surface area contributed by atoms with Gasteiger partial charge in [-0.1, -0.05) is 72.8 Å². The number of ether oxygens (including phenoxy) is 3. The first-order chi connectivity index (χ1) is 26.0. The number of amides is 1. The molecule has 7 nitrogen and oxygen atoms in total. The van der Waals surface area contributed by atoms with Crippen molar-refractivity contribution >= 4 is 17.8 Å². The summed E-state index contributed by atoms with van der Waals surface area (Å²) in [6, 6.07) is 23.6. The lowest BCUT2D eigenvalue weighted by molar-refractivity contribution is -0.147. The largest absolute Gasteiger partial charge is 0.444 e. The number of alkyl halides is 6. The van der Waals surface area contributed by atoms with Crippen molar-refractivity contribution in [2.45, 2.75) is 82.0 Å². The van der Waals surface area contributed by atoms with Crippen molar-refractivity contribution in [3.63, 3.8) is 0 Å². The summed E-state index contributed by atoms with van der Waals surface area (Å²) >= 11 is 0. The van der Waals surface area contributed by atoms with Crippen LogP contribution in [0.15, 0.2) is 103 Å². The molecule has 290 valence electrons. The molecular weight excluding hydrogens is 735 g/mol. The molecule has 0 unspecified atom stereocenters.